The van der Waals surface area contributed by atoms with Crippen molar-refractivity contribution in [2.75, 3.05) is 0 Å². The molecule has 54 valence electrons. The van der Waals surface area contributed by atoms with Crippen LogP contribution in [0.1, 0.15) is 6.42 Å². The molecule has 0 N–H and O–H groups in total. The highest BCUT2D eigenvalue weighted by Crippen LogP contribution is 2.35. The van der Waals surface area contributed by atoms with Crippen LogP contribution >= 0.6 is 15.9 Å². The minimum Gasteiger partial charge on any atom is -0.458 e. The minimum absolute atomic E-state index is 0.0527. The second kappa shape index (κ2) is 2.09. The molecule has 0 aromatic carbocycles. The average molecular weight is 203 g/mol. The molecule has 3 heteroatoms. The van der Waals surface area contributed by atoms with Crippen LogP contribution < -0.4 is 0 Å². The van der Waals surface area contributed by atoms with Gasteiger partial charge in [0.2, 0.25) is 0 Å². The summed E-state index contributed by atoms with van der Waals surface area (Å²) in [4.78, 5) is 11.1. The summed E-state index contributed by atoms with van der Waals surface area (Å²) >= 11 is 3.45. The molecule has 2 rings (SSSR count). The third-order valence-electron chi connectivity index (χ3n) is 1.99. The highest BCUT2D eigenvalue weighted by atomic mass is 79.9. The summed E-state index contributed by atoms with van der Waals surface area (Å²) in [6.07, 6.45) is 4.61. The molecule has 2 nitrogen and oxygen atoms in total. The molecule has 0 spiro atoms. The zero-order valence-corrected chi connectivity index (χ0v) is 6.87. The van der Waals surface area contributed by atoms with E-state index in [-0.39, 0.29) is 12.1 Å². The van der Waals surface area contributed by atoms with Crippen molar-refractivity contribution < 1.29 is 9.53 Å². The topological polar surface area (TPSA) is 26.3 Å². The van der Waals surface area contributed by atoms with Crippen LogP contribution in [-0.4, -0.2) is 16.9 Å². The second-order valence-electron chi connectivity index (χ2n) is 2.65. The lowest BCUT2D eigenvalue weighted by molar-refractivity contribution is -0.140. The Bertz CT molecular complexity index is 200. The summed E-state index contributed by atoms with van der Waals surface area (Å²) in [5.41, 5.74) is 0. The maximum absolute atomic E-state index is 10.7. The van der Waals surface area contributed by atoms with Gasteiger partial charge in [-0.25, -0.2) is 0 Å². The standard InChI is InChI=1S/C7H7BrO2/c8-5-1-2-6-4(5)3-7(9)10-6/h1-2,4-6H,3H2/t4-,5+,6+/m0/s1. The molecule has 0 aromatic heterocycles. The predicted molar refractivity (Wildman–Crippen MR) is 39.8 cm³/mol. The number of alkyl halides is 1. The maximum atomic E-state index is 10.7. The third-order valence-corrected chi connectivity index (χ3v) is 2.97. The molecule has 0 amide bonds. The Hall–Kier alpha value is -0.310. The van der Waals surface area contributed by atoms with Crippen molar-refractivity contribution in [3.63, 3.8) is 0 Å². The monoisotopic (exact) mass is 202 g/mol. The first-order valence-electron chi connectivity index (χ1n) is 3.29. The average Bonchev–Trinajstić information content (AvgIpc) is 2.35. The van der Waals surface area contributed by atoms with Gasteiger partial charge in [-0.05, 0) is 6.08 Å². The largest absolute Gasteiger partial charge is 0.458 e. The van der Waals surface area contributed by atoms with Crippen molar-refractivity contribution in [3.8, 4) is 0 Å². The van der Waals surface area contributed by atoms with E-state index < -0.39 is 0 Å². The van der Waals surface area contributed by atoms with Crippen LogP contribution in [0.4, 0.5) is 0 Å². The van der Waals surface area contributed by atoms with Gasteiger partial charge in [0.25, 0.3) is 0 Å². The quantitative estimate of drug-likeness (QED) is 0.336. The first-order chi connectivity index (χ1) is 4.77. The molecule has 0 aromatic rings. The van der Waals surface area contributed by atoms with Gasteiger partial charge in [-0.15, -0.1) is 0 Å². The Morgan fingerprint density at radius 3 is 3.10 bits per heavy atom. The number of ether oxygens (including phenoxy) is 1. The Balaban J connectivity index is 2.19. The molecule has 1 fully saturated rings. The van der Waals surface area contributed by atoms with E-state index in [0.717, 1.165) is 0 Å². The number of hydrogen-bond acceptors (Lipinski definition) is 2. The number of carbonyl (C=O) groups is 1. The molecule has 0 radical (unpaired) electrons. The molecule has 1 saturated heterocycles. The molecule has 1 heterocycles. The van der Waals surface area contributed by atoms with Gasteiger partial charge >= 0.3 is 5.97 Å². The lowest BCUT2D eigenvalue weighted by Crippen LogP contribution is -2.13. The predicted octanol–water partition coefficient (Wildman–Crippen LogP) is 1.25. The van der Waals surface area contributed by atoms with Crippen molar-refractivity contribution >= 4 is 21.9 Å². The molecule has 1 aliphatic heterocycles. The SMILES string of the molecule is O=C1C[C@H]2[C@H](Br)C=C[C@H]2O1. The van der Waals surface area contributed by atoms with Gasteiger partial charge in [0, 0.05) is 10.7 Å². The van der Waals surface area contributed by atoms with Crippen LogP contribution in [0.15, 0.2) is 12.2 Å². The van der Waals surface area contributed by atoms with Crippen LogP contribution in [-0.2, 0) is 9.53 Å². The number of fused-ring (bicyclic) bond motifs is 1. The normalized spacial score (nSPS) is 43.7. The summed E-state index contributed by atoms with van der Waals surface area (Å²) in [6.45, 7) is 0. The molecule has 0 saturated carbocycles. The van der Waals surface area contributed by atoms with Gasteiger partial charge in [-0.3, -0.25) is 4.79 Å². The van der Waals surface area contributed by atoms with Crippen molar-refractivity contribution in [1.29, 1.82) is 0 Å². The third kappa shape index (κ3) is 0.804. The molecule has 0 unspecified atom stereocenters. The van der Waals surface area contributed by atoms with Crippen LogP contribution in [0.2, 0.25) is 0 Å². The van der Waals surface area contributed by atoms with Crippen molar-refractivity contribution in [2.45, 2.75) is 17.4 Å². The number of rotatable bonds is 0. The molecule has 0 bridgehead atoms. The van der Waals surface area contributed by atoms with E-state index >= 15 is 0 Å². The first-order valence-corrected chi connectivity index (χ1v) is 4.21. The smallest absolute Gasteiger partial charge is 0.306 e. The number of allylic oxidation sites excluding steroid dienone is 1. The summed E-state index contributed by atoms with van der Waals surface area (Å²) in [7, 11) is 0. The van der Waals surface area contributed by atoms with Crippen molar-refractivity contribution in [3.05, 3.63) is 12.2 Å². The molecular formula is C7H7BrO2. The van der Waals surface area contributed by atoms with Crippen LogP contribution in [0.25, 0.3) is 0 Å². The number of halogens is 1. The van der Waals surface area contributed by atoms with Crippen LogP contribution in [0.5, 0.6) is 0 Å². The van der Waals surface area contributed by atoms with Gasteiger partial charge in [0.15, 0.2) is 0 Å². The van der Waals surface area contributed by atoms with Gasteiger partial charge in [0.05, 0.1) is 6.42 Å². The van der Waals surface area contributed by atoms with E-state index in [9.17, 15) is 4.79 Å². The van der Waals surface area contributed by atoms with E-state index in [1.165, 1.54) is 0 Å². The fourth-order valence-electron chi connectivity index (χ4n) is 1.43. The number of esters is 1. The van der Waals surface area contributed by atoms with Crippen molar-refractivity contribution in [2.24, 2.45) is 5.92 Å². The Morgan fingerprint density at radius 1 is 1.60 bits per heavy atom. The van der Waals surface area contributed by atoms with E-state index in [4.69, 9.17) is 4.74 Å². The van der Waals surface area contributed by atoms with Gasteiger partial charge in [0.1, 0.15) is 6.10 Å². The fraction of sp³-hybridized carbons (Fsp3) is 0.571. The van der Waals surface area contributed by atoms with Gasteiger partial charge in [-0.1, -0.05) is 22.0 Å². The summed E-state index contributed by atoms with van der Waals surface area (Å²) in [5.74, 6) is 0.288. The highest BCUT2D eigenvalue weighted by Gasteiger charge is 2.40. The summed E-state index contributed by atoms with van der Waals surface area (Å²) in [6, 6.07) is 0. The van der Waals surface area contributed by atoms with Crippen LogP contribution in [0, 0.1) is 5.92 Å². The van der Waals surface area contributed by atoms with E-state index in [2.05, 4.69) is 15.9 Å². The fourth-order valence-corrected chi connectivity index (χ4v) is 2.09. The molecule has 10 heavy (non-hydrogen) atoms. The summed E-state index contributed by atoms with van der Waals surface area (Å²) in [5, 5.41) is 0. The molecule has 2 aliphatic rings. The van der Waals surface area contributed by atoms with E-state index in [1.54, 1.807) is 0 Å². The lowest BCUT2D eigenvalue weighted by Gasteiger charge is -2.07. The van der Waals surface area contributed by atoms with Gasteiger partial charge < -0.3 is 4.74 Å². The van der Waals surface area contributed by atoms with Crippen molar-refractivity contribution in [1.82, 2.24) is 0 Å². The minimum atomic E-state index is -0.0659. The maximum Gasteiger partial charge on any atom is 0.306 e. The van der Waals surface area contributed by atoms with E-state index in [0.29, 0.717) is 17.2 Å². The zero-order chi connectivity index (χ0) is 7.14. The lowest BCUT2D eigenvalue weighted by atomic mass is 10.0. The second-order valence-corrected chi connectivity index (χ2v) is 3.71. The number of carbonyl (C=O) groups excluding carboxylic acids is 1. The van der Waals surface area contributed by atoms with E-state index in [1.807, 2.05) is 12.2 Å². The molecule has 1 aliphatic carbocycles. The molecule has 3 atom stereocenters. The van der Waals surface area contributed by atoms with Crippen LogP contribution in [0.3, 0.4) is 0 Å². The zero-order valence-electron chi connectivity index (χ0n) is 5.29. The highest BCUT2D eigenvalue weighted by molar-refractivity contribution is 9.09. The Kier molecular flexibility index (Phi) is 1.34. The number of hydrogen-bond donors (Lipinski definition) is 0. The van der Waals surface area contributed by atoms with Gasteiger partial charge in [-0.2, -0.15) is 0 Å². The Labute approximate surface area is 67.4 Å². The first kappa shape index (κ1) is 6.40. The summed E-state index contributed by atoms with van der Waals surface area (Å²) < 4.78 is 5.00. The Morgan fingerprint density at radius 2 is 2.40 bits per heavy atom. The molecular weight excluding hydrogens is 196 g/mol.